The summed E-state index contributed by atoms with van der Waals surface area (Å²) >= 11 is 0. The standard InChI is InChI=1S/C15H11FN4O3.C4H8O.C2H6/c1-8-4-9(2-3-11(8)16)19-15-10-5-13(20(22)23)14(21)6-12(10)17-7-18-15;1-2-4-5-3-1;1-2/h2-7,21H,1H3,(H,17,18,19);1-4H2;1-2H3. The number of benzene rings is 2. The fourth-order valence-corrected chi connectivity index (χ4v) is 2.70. The van der Waals surface area contributed by atoms with Crippen LogP contribution in [0.5, 0.6) is 5.75 Å². The van der Waals surface area contributed by atoms with Crippen molar-refractivity contribution in [2.45, 2.75) is 33.6 Å². The molecule has 1 aliphatic rings. The number of hydrogen-bond donors (Lipinski definition) is 2. The van der Waals surface area contributed by atoms with Crippen molar-refractivity contribution in [1.29, 1.82) is 0 Å². The number of phenolic OH excluding ortho intramolecular Hbond substituents is 1. The second kappa shape index (κ2) is 11.0. The molecule has 0 radical (unpaired) electrons. The molecular formula is C21H25FN4O4. The second-order valence-corrected chi connectivity index (χ2v) is 6.25. The van der Waals surface area contributed by atoms with Crippen LogP contribution in [-0.2, 0) is 4.74 Å². The fraction of sp³-hybridized carbons (Fsp3) is 0.333. The molecule has 0 aliphatic carbocycles. The van der Waals surface area contributed by atoms with E-state index in [9.17, 15) is 19.6 Å². The maximum atomic E-state index is 13.3. The zero-order chi connectivity index (χ0) is 22.1. The fourth-order valence-electron chi connectivity index (χ4n) is 2.70. The lowest BCUT2D eigenvalue weighted by molar-refractivity contribution is -0.385. The van der Waals surface area contributed by atoms with Gasteiger partial charge in [0.05, 0.1) is 15.8 Å². The number of ether oxygens (including phenoxy) is 1. The van der Waals surface area contributed by atoms with Gasteiger partial charge in [0, 0.05) is 31.0 Å². The molecule has 0 bridgehead atoms. The SMILES string of the molecule is C1CCOC1.CC.Cc1cc(Nc2ncnc3cc(O)c([N+](=O)[O-])cc23)ccc1F. The predicted molar refractivity (Wildman–Crippen MR) is 114 cm³/mol. The molecule has 30 heavy (non-hydrogen) atoms. The number of nitro benzene ring substituents is 1. The number of aryl methyl sites for hydroxylation is 1. The summed E-state index contributed by atoms with van der Waals surface area (Å²) in [7, 11) is 0. The summed E-state index contributed by atoms with van der Waals surface area (Å²) in [6.45, 7) is 7.63. The topological polar surface area (TPSA) is 110 Å². The van der Waals surface area contributed by atoms with Crippen LogP contribution in [0.4, 0.5) is 21.6 Å². The number of nitrogens with one attached hydrogen (secondary N) is 1. The van der Waals surface area contributed by atoms with Gasteiger partial charge < -0.3 is 15.2 Å². The van der Waals surface area contributed by atoms with Gasteiger partial charge in [-0.3, -0.25) is 10.1 Å². The summed E-state index contributed by atoms with van der Waals surface area (Å²) in [6, 6.07) is 6.85. The zero-order valence-corrected chi connectivity index (χ0v) is 17.2. The highest BCUT2D eigenvalue weighted by atomic mass is 19.1. The first kappa shape index (κ1) is 23.0. The molecule has 160 valence electrons. The predicted octanol–water partition coefficient (Wildman–Crippen LogP) is 5.26. The van der Waals surface area contributed by atoms with E-state index in [4.69, 9.17) is 4.74 Å². The number of aromatic hydroxyl groups is 1. The van der Waals surface area contributed by atoms with E-state index in [0.29, 0.717) is 28.0 Å². The largest absolute Gasteiger partial charge is 0.502 e. The quantitative estimate of drug-likeness (QED) is 0.443. The lowest BCUT2D eigenvalue weighted by Gasteiger charge is -2.09. The first-order chi connectivity index (χ1) is 14.5. The Morgan fingerprint density at radius 3 is 2.43 bits per heavy atom. The van der Waals surface area contributed by atoms with E-state index in [1.54, 1.807) is 13.0 Å². The number of phenols is 1. The van der Waals surface area contributed by atoms with Crippen LogP contribution in [0.15, 0.2) is 36.7 Å². The van der Waals surface area contributed by atoms with Crippen LogP contribution < -0.4 is 5.32 Å². The molecule has 1 aromatic heterocycles. The summed E-state index contributed by atoms with van der Waals surface area (Å²) in [6.07, 6.45) is 3.83. The van der Waals surface area contributed by atoms with E-state index in [1.165, 1.54) is 43.4 Å². The summed E-state index contributed by atoms with van der Waals surface area (Å²) in [5, 5.41) is 24.0. The van der Waals surface area contributed by atoms with Crippen molar-refractivity contribution in [3.8, 4) is 5.75 Å². The number of rotatable bonds is 3. The average molecular weight is 416 g/mol. The number of nitrogens with zero attached hydrogens (tertiary/aromatic N) is 3. The van der Waals surface area contributed by atoms with E-state index in [1.807, 2.05) is 13.8 Å². The van der Waals surface area contributed by atoms with Gasteiger partial charge in [-0.25, -0.2) is 14.4 Å². The second-order valence-electron chi connectivity index (χ2n) is 6.25. The number of halogens is 1. The van der Waals surface area contributed by atoms with Crippen LogP contribution in [-0.4, -0.2) is 33.2 Å². The molecule has 9 heteroatoms. The summed E-state index contributed by atoms with van der Waals surface area (Å²) in [5.74, 6) is -0.474. The normalized spacial score (nSPS) is 12.4. The molecule has 8 nitrogen and oxygen atoms in total. The Morgan fingerprint density at radius 1 is 1.17 bits per heavy atom. The third kappa shape index (κ3) is 5.84. The molecule has 2 aromatic carbocycles. The Labute approximate surface area is 173 Å². The number of hydrogen-bond acceptors (Lipinski definition) is 7. The van der Waals surface area contributed by atoms with Crippen LogP contribution in [0.1, 0.15) is 32.3 Å². The maximum Gasteiger partial charge on any atom is 0.311 e. The van der Waals surface area contributed by atoms with E-state index in [2.05, 4.69) is 15.3 Å². The summed E-state index contributed by atoms with van der Waals surface area (Å²) in [4.78, 5) is 18.3. The first-order valence-corrected chi connectivity index (χ1v) is 9.69. The molecule has 0 spiro atoms. The average Bonchev–Trinajstić information content (AvgIpc) is 3.32. The van der Waals surface area contributed by atoms with Crippen LogP contribution >= 0.6 is 0 Å². The number of nitro groups is 1. The molecule has 0 amide bonds. The number of fused-ring (bicyclic) bond motifs is 1. The highest BCUT2D eigenvalue weighted by molar-refractivity contribution is 5.93. The Hall–Kier alpha value is -3.33. The Bertz CT molecular complexity index is 1000. The van der Waals surface area contributed by atoms with Gasteiger partial charge in [-0.15, -0.1) is 0 Å². The molecule has 0 unspecified atom stereocenters. The number of aromatic nitrogens is 2. The first-order valence-electron chi connectivity index (χ1n) is 9.69. The highest BCUT2D eigenvalue weighted by Gasteiger charge is 2.17. The summed E-state index contributed by atoms with van der Waals surface area (Å²) in [5.41, 5.74) is 0.951. The Morgan fingerprint density at radius 2 is 1.87 bits per heavy atom. The van der Waals surface area contributed by atoms with Gasteiger partial charge in [-0.05, 0) is 43.5 Å². The van der Waals surface area contributed by atoms with E-state index < -0.39 is 16.4 Å². The Kier molecular flexibility index (Phi) is 8.42. The lowest BCUT2D eigenvalue weighted by Crippen LogP contribution is -1.98. The third-order valence-electron chi connectivity index (χ3n) is 4.18. The highest BCUT2D eigenvalue weighted by Crippen LogP contribution is 2.33. The summed E-state index contributed by atoms with van der Waals surface area (Å²) < 4.78 is 18.3. The van der Waals surface area contributed by atoms with Crippen molar-refractivity contribution in [2.24, 2.45) is 0 Å². The van der Waals surface area contributed by atoms with Gasteiger partial charge >= 0.3 is 5.69 Å². The van der Waals surface area contributed by atoms with E-state index in [-0.39, 0.29) is 5.82 Å². The van der Waals surface area contributed by atoms with Gasteiger partial charge in [-0.2, -0.15) is 0 Å². The maximum absolute atomic E-state index is 13.3. The molecule has 1 aliphatic heterocycles. The molecule has 2 N–H and O–H groups in total. The van der Waals surface area contributed by atoms with Crippen LogP contribution in [0.2, 0.25) is 0 Å². The molecular weight excluding hydrogens is 391 g/mol. The van der Waals surface area contributed by atoms with Gasteiger partial charge in [-0.1, -0.05) is 13.8 Å². The van der Waals surface area contributed by atoms with Crippen molar-refractivity contribution in [3.05, 3.63) is 58.2 Å². The van der Waals surface area contributed by atoms with Gasteiger partial charge in [0.1, 0.15) is 18.0 Å². The van der Waals surface area contributed by atoms with Crippen LogP contribution in [0, 0.1) is 22.9 Å². The van der Waals surface area contributed by atoms with Crippen molar-refractivity contribution >= 4 is 28.1 Å². The van der Waals surface area contributed by atoms with E-state index in [0.717, 1.165) is 13.2 Å². The third-order valence-corrected chi connectivity index (χ3v) is 4.18. The molecule has 0 atom stereocenters. The van der Waals surface area contributed by atoms with Crippen molar-refractivity contribution < 1.29 is 19.2 Å². The molecule has 4 rings (SSSR count). The number of anilines is 2. The minimum atomic E-state index is -0.687. The van der Waals surface area contributed by atoms with E-state index >= 15 is 0 Å². The Balaban J connectivity index is 0.000000393. The van der Waals surface area contributed by atoms with Crippen molar-refractivity contribution in [3.63, 3.8) is 0 Å². The van der Waals surface area contributed by atoms with Gasteiger partial charge in [0.2, 0.25) is 0 Å². The zero-order valence-electron chi connectivity index (χ0n) is 17.2. The van der Waals surface area contributed by atoms with Crippen molar-refractivity contribution in [1.82, 2.24) is 9.97 Å². The molecule has 2 heterocycles. The lowest BCUT2D eigenvalue weighted by atomic mass is 10.1. The minimum Gasteiger partial charge on any atom is -0.502 e. The van der Waals surface area contributed by atoms with Crippen LogP contribution in [0.3, 0.4) is 0 Å². The van der Waals surface area contributed by atoms with Crippen molar-refractivity contribution in [2.75, 3.05) is 18.5 Å². The van der Waals surface area contributed by atoms with Gasteiger partial charge in [0.15, 0.2) is 5.75 Å². The molecule has 1 fully saturated rings. The van der Waals surface area contributed by atoms with Gasteiger partial charge in [0.25, 0.3) is 0 Å². The monoisotopic (exact) mass is 416 g/mol. The molecule has 3 aromatic rings. The smallest absolute Gasteiger partial charge is 0.311 e. The molecule has 1 saturated heterocycles. The molecule has 0 saturated carbocycles. The van der Waals surface area contributed by atoms with Crippen LogP contribution in [0.25, 0.3) is 10.9 Å². The minimum absolute atomic E-state index is 0.323.